The molecule has 0 saturated heterocycles. The Balaban J connectivity index is 1.95. The Kier molecular flexibility index (Phi) is 7.97. The standard InChI is InChI=1S/C20H17ClF2O6/c1-26-16-7-5-13(10-14(16)21)15(24)11-28-19(25)8-4-12-3-6-17(29-20(22)23)18(9-12)27-2/h3-10,20H,11H2,1-2H3/b8-4+. The fourth-order valence-electron chi connectivity index (χ4n) is 2.25. The molecule has 0 aromatic heterocycles. The Labute approximate surface area is 170 Å². The highest BCUT2D eigenvalue weighted by atomic mass is 35.5. The van der Waals surface area contributed by atoms with Crippen molar-refractivity contribution in [2.45, 2.75) is 6.61 Å². The van der Waals surface area contributed by atoms with E-state index in [1.54, 1.807) is 0 Å². The number of rotatable bonds is 9. The summed E-state index contributed by atoms with van der Waals surface area (Å²) in [6.45, 7) is -3.46. The fraction of sp³-hybridized carbons (Fsp3) is 0.200. The minimum absolute atomic E-state index is 0.0763. The number of carbonyl (C=O) groups excluding carboxylic acids is 2. The highest BCUT2D eigenvalue weighted by molar-refractivity contribution is 6.32. The number of Topliss-reactive ketones (excluding diaryl/α,β-unsaturated/α-hetero) is 1. The summed E-state index contributed by atoms with van der Waals surface area (Å²) in [4.78, 5) is 23.9. The molecule has 2 aromatic rings. The van der Waals surface area contributed by atoms with Gasteiger partial charge in [0, 0.05) is 11.6 Å². The zero-order valence-electron chi connectivity index (χ0n) is 15.5. The summed E-state index contributed by atoms with van der Waals surface area (Å²) in [5.74, 6) is -0.835. The molecular formula is C20H17ClF2O6. The van der Waals surface area contributed by atoms with Crippen molar-refractivity contribution < 1.29 is 37.3 Å². The van der Waals surface area contributed by atoms with E-state index in [0.717, 1.165) is 6.08 Å². The molecule has 0 saturated carbocycles. The average Bonchev–Trinajstić information content (AvgIpc) is 2.70. The normalized spacial score (nSPS) is 10.8. The van der Waals surface area contributed by atoms with Gasteiger partial charge in [0.15, 0.2) is 23.9 Å². The SMILES string of the molecule is COc1ccc(C(=O)COC(=O)/C=C/c2ccc(OC(F)F)c(OC)c2)cc1Cl. The Morgan fingerprint density at radius 3 is 2.34 bits per heavy atom. The van der Waals surface area contributed by atoms with Gasteiger partial charge in [-0.2, -0.15) is 8.78 Å². The monoisotopic (exact) mass is 426 g/mol. The molecule has 2 rings (SSSR count). The number of ketones is 1. The lowest BCUT2D eigenvalue weighted by Crippen LogP contribution is -2.12. The maximum Gasteiger partial charge on any atom is 0.387 e. The van der Waals surface area contributed by atoms with Crippen LogP contribution in [0.15, 0.2) is 42.5 Å². The highest BCUT2D eigenvalue weighted by Crippen LogP contribution is 2.30. The molecule has 0 aliphatic heterocycles. The van der Waals surface area contributed by atoms with Gasteiger partial charge in [0.05, 0.1) is 19.2 Å². The van der Waals surface area contributed by atoms with Crippen molar-refractivity contribution in [3.05, 3.63) is 58.6 Å². The third-order valence-corrected chi connectivity index (χ3v) is 3.93. The van der Waals surface area contributed by atoms with E-state index in [9.17, 15) is 18.4 Å². The second kappa shape index (κ2) is 10.4. The third kappa shape index (κ3) is 6.46. The second-order valence-electron chi connectivity index (χ2n) is 5.50. The Hall–Kier alpha value is -3.13. The van der Waals surface area contributed by atoms with Gasteiger partial charge in [-0.05, 0) is 42.0 Å². The predicted octanol–water partition coefficient (Wildman–Crippen LogP) is 4.40. The van der Waals surface area contributed by atoms with Crippen LogP contribution in [0.2, 0.25) is 5.02 Å². The predicted molar refractivity (Wildman–Crippen MR) is 102 cm³/mol. The average molecular weight is 427 g/mol. The van der Waals surface area contributed by atoms with E-state index in [1.165, 1.54) is 56.7 Å². The summed E-state index contributed by atoms with van der Waals surface area (Å²) in [6.07, 6.45) is 2.47. The van der Waals surface area contributed by atoms with Crippen LogP contribution < -0.4 is 14.2 Å². The molecule has 0 aliphatic rings. The molecule has 0 atom stereocenters. The number of carbonyl (C=O) groups is 2. The van der Waals surface area contributed by atoms with E-state index < -0.39 is 25.0 Å². The Morgan fingerprint density at radius 1 is 1.03 bits per heavy atom. The molecule has 9 heteroatoms. The minimum Gasteiger partial charge on any atom is -0.495 e. The van der Waals surface area contributed by atoms with Gasteiger partial charge in [-0.3, -0.25) is 4.79 Å². The lowest BCUT2D eigenvalue weighted by molar-refractivity contribution is -0.136. The maximum atomic E-state index is 12.3. The molecule has 0 heterocycles. The molecule has 6 nitrogen and oxygen atoms in total. The summed E-state index contributed by atoms with van der Waals surface area (Å²) in [5.41, 5.74) is 0.751. The molecule has 0 N–H and O–H groups in total. The molecule has 0 radical (unpaired) electrons. The Morgan fingerprint density at radius 2 is 1.72 bits per heavy atom. The van der Waals surface area contributed by atoms with Crippen LogP contribution >= 0.6 is 11.6 Å². The largest absolute Gasteiger partial charge is 0.495 e. The number of methoxy groups -OCH3 is 2. The van der Waals surface area contributed by atoms with Gasteiger partial charge in [-0.25, -0.2) is 4.79 Å². The van der Waals surface area contributed by atoms with Crippen molar-refractivity contribution in [3.63, 3.8) is 0 Å². The summed E-state index contributed by atoms with van der Waals surface area (Å²) in [6, 6.07) is 8.60. The van der Waals surface area contributed by atoms with Crippen LogP contribution in [0.3, 0.4) is 0 Å². The van der Waals surface area contributed by atoms with Crippen LogP contribution in [0.4, 0.5) is 8.78 Å². The van der Waals surface area contributed by atoms with E-state index in [4.69, 9.17) is 25.8 Å². The number of hydrogen-bond acceptors (Lipinski definition) is 6. The number of esters is 1. The van der Waals surface area contributed by atoms with Gasteiger partial charge in [0.1, 0.15) is 5.75 Å². The molecule has 0 amide bonds. The molecular weight excluding hydrogens is 410 g/mol. The minimum atomic E-state index is -2.99. The van der Waals surface area contributed by atoms with Crippen LogP contribution in [-0.4, -0.2) is 39.2 Å². The molecule has 0 bridgehead atoms. The zero-order valence-corrected chi connectivity index (χ0v) is 16.2. The summed E-state index contributed by atoms with van der Waals surface area (Å²) in [7, 11) is 2.75. The van der Waals surface area contributed by atoms with E-state index in [1.807, 2.05) is 0 Å². The number of hydrogen-bond donors (Lipinski definition) is 0. The molecule has 29 heavy (non-hydrogen) atoms. The molecule has 0 aliphatic carbocycles. The van der Waals surface area contributed by atoms with Crippen molar-refractivity contribution in [2.75, 3.05) is 20.8 Å². The topological polar surface area (TPSA) is 71.1 Å². The second-order valence-corrected chi connectivity index (χ2v) is 5.91. The van der Waals surface area contributed by atoms with Crippen molar-refractivity contribution in [2.24, 2.45) is 0 Å². The van der Waals surface area contributed by atoms with Gasteiger partial charge in [-0.15, -0.1) is 0 Å². The molecule has 0 spiro atoms. The smallest absolute Gasteiger partial charge is 0.387 e. The molecule has 154 valence electrons. The van der Waals surface area contributed by atoms with Crippen LogP contribution in [0.25, 0.3) is 6.08 Å². The van der Waals surface area contributed by atoms with E-state index in [0.29, 0.717) is 11.3 Å². The van der Waals surface area contributed by atoms with Crippen LogP contribution in [0.5, 0.6) is 17.2 Å². The van der Waals surface area contributed by atoms with Gasteiger partial charge in [0.2, 0.25) is 0 Å². The first-order valence-corrected chi connectivity index (χ1v) is 8.56. The zero-order chi connectivity index (χ0) is 21.4. The van der Waals surface area contributed by atoms with Crippen LogP contribution in [0.1, 0.15) is 15.9 Å². The summed E-state index contributed by atoms with van der Waals surface area (Å²) in [5, 5.41) is 0.262. The first kappa shape index (κ1) is 22.2. The maximum absolute atomic E-state index is 12.3. The van der Waals surface area contributed by atoms with Crippen LogP contribution in [0, 0.1) is 0 Å². The first-order chi connectivity index (χ1) is 13.8. The van der Waals surface area contributed by atoms with E-state index >= 15 is 0 Å². The fourth-order valence-corrected chi connectivity index (χ4v) is 2.51. The van der Waals surface area contributed by atoms with Crippen molar-refractivity contribution in [1.82, 2.24) is 0 Å². The van der Waals surface area contributed by atoms with Gasteiger partial charge < -0.3 is 18.9 Å². The van der Waals surface area contributed by atoms with Crippen molar-refractivity contribution in [1.29, 1.82) is 0 Å². The lowest BCUT2D eigenvalue weighted by atomic mass is 10.1. The highest BCUT2D eigenvalue weighted by Gasteiger charge is 2.12. The number of benzene rings is 2. The van der Waals surface area contributed by atoms with Crippen LogP contribution in [-0.2, 0) is 9.53 Å². The lowest BCUT2D eigenvalue weighted by Gasteiger charge is -2.10. The van der Waals surface area contributed by atoms with Gasteiger partial charge in [0.25, 0.3) is 0 Å². The Bertz CT molecular complexity index is 914. The van der Waals surface area contributed by atoms with Gasteiger partial charge in [-0.1, -0.05) is 17.7 Å². The molecule has 0 fully saturated rings. The first-order valence-electron chi connectivity index (χ1n) is 8.18. The number of alkyl halides is 2. The summed E-state index contributed by atoms with van der Waals surface area (Å²) >= 11 is 5.96. The van der Waals surface area contributed by atoms with Gasteiger partial charge >= 0.3 is 12.6 Å². The molecule has 2 aromatic carbocycles. The van der Waals surface area contributed by atoms with E-state index in [-0.39, 0.29) is 22.1 Å². The summed E-state index contributed by atoms with van der Waals surface area (Å²) < 4.78 is 43.9. The quantitative estimate of drug-likeness (QED) is 0.336. The number of ether oxygens (including phenoxy) is 4. The van der Waals surface area contributed by atoms with Crippen molar-refractivity contribution >= 4 is 29.4 Å². The third-order valence-electron chi connectivity index (χ3n) is 3.63. The van der Waals surface area contributed by atoms with Crippen molar-refractivity contribution in [3.8, 4) is 17.2 Å². The van der Waals surface area contributed by atoms with E-state index in [2.05, 4.69) is 4.74 Å². The molecule has 0 unspecified atom stereocenters. The number of halogens is 3.